The normalized spacial score (nSPS) is 14.2. The van der Waals surface area contributed by atoms with Gasteiger partial charge in [0.15, 0.2) is 0 Å². The third-order valence-electron chi connectivity index (χ3n) is 8.41. The van der Waals surface area contributed by atoms with Crippen molar-refractivity contribution in [3.8, 4) is 0 Å². The van der Waals surface area contributed by atoms with Gasteiger partial charge in [-0.3, -0.25) is 24.1 Å². The maximum atomic E-state index is 14.4. The average Bonchev–Trinajstić information content (AvgIpc) is 3.21. The van der Waals surface area contributed by atoms with Gasteiger partial charge in [0.2, 0.25) is 17.7 Å². The van der Waals surface area contributed by atoms with E-state index in [2.05, 4.69) is 10.6 Å². The highest BCUT2D eigenvalue weighted by atomic mass is 19.1. The van der Waals surface area contributed by atoms with Crippen LogP contribution >= 0.6 is 0 Å². The molecule has 4 amide bonds. The van der Waals surface area contributed by atoms with Crippen LogP contribution in [-0.2, 0) is 34.0 Å². The lowest BCUT2D eigenvalue weighted by atomic mass is 10.0. The monoisotopic (exact) mass is 673 g/mol. The molecular weight excluding hydrogens is 640 g/mol. The molecule has 252 valence electrons. The molecule has 0 bridgehead atoms. The van der Waals surface area contributed by atoms with Gasteiger partial charge in [-0.1, -0.05) is 54.6 Å². The molecular formula is C39H33F2N5O4. The zero-order chi connectivity index (χ0) is 35.2. The van der Waals surface area contributed by atoms with Crippen molar-refractivity contribution in [2.24, 2.45) is 11.7 Å². The van der Waals surface area contributed by atoms with Crippen molar-refractivity contribution in [2.75, 3.05) is 15.1 Å². The first-order chi connectivity index (χ1) is 24.2. The van der Waals surface area contributed by atoms with E-state index in [1.807, 2.05) is 0 Å². The quantitative estimate of drug-likeness (QED) is 0.152. The van der Waals surface area contributed by atoms with Gasteiger partial charge in [-0.25, -0.2) is 8.78 Å². The Morgan fingerprint density at radius 1 is 0.720 bits per heavy atom. The summed E-state index contributed by atoms with van der Waals surface area (Å²) >= 11 is 0. The van der Waals surface area contributed by atoms with Gasteiger partial charge in [-0.15, -0.1) is 0 Å². The first-order valence-corrected chi connectivity index (χ1v) is 15.9. The number of halogens is 2. The molecule has 5 aromatic carbocycles. The number of fused-ring (bicyclic) bond motifs is 1. The molecule has 1 aliphatic heterocycles. The van der Waals surface area contributed by atoms with Crippen LogP contribution in [0.5, 0.6) is 0 Å². The smallest absolute Gasteiger partial charge is 0.255 e. The molecule has 6 rings (SSSR count). The Hall–Kier alpha value is -6.20. The van der Waals surface area contributed by atoms with Crippen LogP contribution in [0.3, 0.4) is 0 Å². The van der Waals surface area contributed by atoms with Gasteiger partial charge >= 0.3 is 0 Å². The summed E-state index contributed by atoms with van der Waals surface area (Å²) in [5, 5.41) is 5.42. The van der Waals surface area contributed by atoms with Crippen LogP contribution in [0.2, 0.25) is 0 Å². The number of rotatable bonds is 10. The zero-order valence-electron chi connectivity index (χ0n) is 26.8. The van der Waals surface area contributed by atoms with Gasteiger partial charge < -0.3 is 21.3 Å². The summed E-state index contributed by atoms with van der Waals surface area (Å²) in [6.45, 7) is 0.234. The minimum atomic E-state index is -1.41. The Morgan fingerprint density at radius 3 is 2.04 bits per heavy atom. The van der Waals surface area contributed by atoms with E-state index in [0.717, 1.165) is 5.56 Å². The SMILES string of the molecule is NCc1ccc(N2C(=O)C(CC(=O)NCc3ccccc3F)C(=O)N(Cc3ccc(NC(=O)c4ccc(F)cc4)cc3)c3ccccc32)cc1. The second kappa shape index (κ2) is 14.9. The van der Waals surface area contributed by atoms with E-state index in [-0.39, 0.29) is 24.2 Å². The van der Waals surface area contributed by atoms with Crippen molar-refractivity contribution in [1.29, 1.82) is 0 Å². The van der Waals surface area contributed by atoms with Crippen molar-refractivity contribution < 1.29 is 28.0 Å². The number of nitrogens with zero attached hydrogens (tertiary/aromatic N) is 2. The Labute approximate surface area is 287 Å². The molecule has 0 saturated heterocycles. The van der Waals surface area contributed by atoms with Crippen LogP contribution < -0.4 is 26.2 Å². The highest BCUT2D eigenvalue weighted by molar-refractivity contribution is 6.21. The molecule has 0 radical (unpaired) electrons. The molecule has 0 aliphatic carbocycles. The Balaban J connectivity index is 1.30. The number of hydrogen-bond donors (Lipinski definition) is 3. The molecule has 50 heavy (non-hydrogen) atoms. The van der Waals surface area contributed by atoms with E-state index in [1.54, 1.807) is 91.0 Å². The van der Waals surface area contributed by atoms with Crippen LogP contribution in [0.4, 0.5) is 31.5 Å². The summed E-state index contributed by atoms with van der Waals surface area (Å²) in [5.74, 6) is -4.52. The fraction of sp³-hybridized carbons (Fsp3) is 0.128. The lowest BCUT2D eigenvalue weighted by molar-refractivity contribution is -0.136. The number of nitrogens with one attached hydrogen (secondary N) is 2. The first-order valence-electron chi connectivity index (χ1n) is 15.9. The standard InChI is InChI=1S/C39H33F2N5O4/c40-29-15-13-27(14-16-29)37(48)44-30-17-9-26(10-18-30)24-45-34-7-3-4-8-35(34)46(31-19-11-25(22-42)12-20-31)39(50)32(38(45)49)21-36(47)43-23-28-5-1-2-6-33(28)41/h1-20,32H,21-24,42H2,(H,43,47)(H,44,48). The predicted molar refractivity (Wildman–Crippen MR) is 186 cm³/mol. The summed E-state index contributed by atoms with van der Waals surface area (Å²) in [5.41, 5.74) is 9.78. The van der Waals surface area contributed by atoms with Crippen LogP contribution in [0.1, 0.15) is 33.5 Å². The summed E-state index contributed by atoms with van der Waals surface area (Å²) in [7, 11) is 0. The molecule has 9 nitrogen and oxygen atoms in total. The number of para-hydroxylation sites is 2. The molecule has 5 aromatic rings. The maximum Gasteiger partial charge on any atom is 0.255 e. The number of anilines is 4. The molecule has 1 heterocycles. The lowest BCUT2D eigenvalue weighted by Crippen LogP contribution is -2.43. The van der Waals surface area contributed by atoms with Gasteiger partial charge in [-0.2, -0.15) is 0 Å². The Bertz CT molecular complexity index is 2040. The van der Waals surface area contributed by atoms with Gasteiger partial charge in [-0.05, 0) is 77.9 Å². The van der Waals surface area contributed by atoms with E-state index in [0.29, 0.717) is 34.9 Å². The van der Waals surface area contributed by atoms with Gasteiger partial charge in [0.05, 0.1) is 17.9 Å². The Morgan fingerprint density at radius 2 is 1.36 bits per heavy atom. The second-order valence-electron chi connectivity index (χ2n) is 11.7. The summed E-state index contributed by atoms with van der Waals surface area (Å²) in [4.78, 5) is 57.6. The number of hydrogen-bond acceptors (Lipinski definition) is 5. The zero-order valence-corrected chi connectivity index (χ0v) is 26.8. The minimum absolute atomic E-state index is 0.0443. The van der Waals surface area contributed by atoms with Crippen molar-refractivity contribution in [1.82, 2.24) is 5.32 Å². The van der Waals surface area contributed by atoms with Crippen molar-refractivity contribution in [3.05, 3.63) is 155 Å². The maximum absolute atomic E-state index is 14.4. The second-order valence-corrected chi connectivity index (χ2v) is 11.7. The fourth-order valence-electron chi connectivity index (χ4n) is 5.73. The van der Waals surface area contributed by atoms with E-state index in [4.69, 9.17) is 5.73 Å². The van der Waals surface area contributed by atoms with Gasteiger partial charge in [0.25, 0.3) is 5.91 Å². The number of benzene rings is 5. The third-order valence-corrected chi connectivity index (χ3v) is 8.41. The average molecular weight is 674 g/mol. The molecule has 1 atom stereocenters. The Kier molecular flexibility index (Phi) is 10.1. The lowest BCUT2D eigenvalue weighted by Gasteiger charge is -2.26. The van der Waals surface area contributed by atoms with Crippen LogP contribution in [0.15, 0.2) is 121 Å². The van der Waals surface area contributed by atoms with Crippen molar-refractivity contribution >= 4 is 46.4 Å². The fourth-order valence-corrected chi connectivity index (χ4v) is 5.73. The molecule has 0 fully saturated rings. The number of carbonyl (C=O) groups excluding carboxylic acids is 4. The molecule has 0 spiro atoms. The third kappa shape index (κ3) is 7.43. The van der Waals surface area contributed by atoms with Gasteiger partial charge in [0, 0.05) is 42.0 Å². The first kappa shape index (κ1) is 33.7. The van der Waals surface area contributed by atoms with Gasteiger partial charge in [0.1, 0.15) is 17.6 Å². The highest BCUT2D eigenvalue weighted by Gasteiger charge is 2.42. The molecule has 11 heteroatoms. The van der Waals surface area contributed by atoms with E-state index >= 15 is 0 Å². The van der Waals surface area contributed by atoms with E-state index in [1.165, 1.54) is 40.1 Å². The number of nitrogens with two attached hydrogens (primary N) is 1. The van der Waals surface area contributed by atoms with Crippen LogP contribution in [-0.4, -0.2) is 23.6 Å². The van der Waals surface area contributed by atoms with Crippen molar-refractivity contribution in [3.63, 3.8) is 0 Å². The molecule has 1 unspecified atom stereocenters. The largest absolute Gasteiger partial charge is 0.352 e. The van der Waals surface area contributed by atoms with Crippen molar-refractivity contribution in [2.45, 2.75) is 26.1 Å². The topological polar surface area (TPSA) is 125 Å². The summed E-state index contributed by atoms with van der Waals surface area (Å²) in [6, 6.07) is 32.1. The summed E-state index contributed by atoms with van der Waals surface area (Å²) in [6.07, 6.45) is -0.470. The number of amides is 4. The van der Waals surface area contributed by atoms with Crippen LogP contribution in [0.25, 0.3) is 0 Å². The van der Waals surface area contributed by atoms with E-state index < -0.39 is 47.6 Å². The molecule has 4 N–H and O–H groups in total. The summed E-state index contributed by atoms with van der Waals surface area (Å²) < 4.78 is 27.5. The highest BCUT2D eigenvalue weighted by Crippen LogP contribution is 2.40. The minimum Gasteiger partial charge on any atom is -0.352 e. The van der Waals surface area contributed by atoms with Crippen LogP contribution in [0, 0.1) is 17.6 Å². The predicted octanol–water partition coefficient (Wildman–Crippen LogP) is 6.21. The molecule has 0 aromatic heterocycles. The number of carbonyl (C=O) groups is 4. The molecule has 0 saturated carbocycles. The molecule has 1 aliphatic rings. The van der Waals surface area contributed by atoms with E-state index in [9.17, 15) is 28.0 Å².